The average molecular weight is 634 g/mol. The molecule has 0 atom stereocenters. The number of benzene rings is 3. The molecule has 0 saturated heterocycles. The molecule has 0 spiro atoms. The van der Waals surface area contributed by atoms with E-state index in [-0.39, 0.29) is 22.8 Å². The van der Waals surface area contributed by atoms with Gasteiger partial charge in [0.25, 0.3) is 15.9 Å². The van der Waals surface area contributed by atoms with Crippen molar-refractivity contribution >= 4 is 44.5 Å². The summed E-state index contributed by atoms with van der Waals surface area (Å²) in [7, 11) is -2.10. The van der Waals surface area contributed by atoms with Crippen LogP contribution in [0.3, 0.4) is 0 Å². The van der Waals surface area contributed by atoms with E-state index in [0.29, 0.717) is 29.7 Å². The number of nitrogens with two attached hydrogens (primary N) is 1. The minimum atomic E-state index is -4.04. The summed E-state index contributed by atoms with van der Waals surface area (Å²) >= 11 is 0. The highest BCUT2D eigenvalue weighted by Crippen LogP contribution is 2.28. The molecule has 0 aliphatic rings. The number of nitrogens with one attached hydrogen (secondary N) is 2. The minimum Gasteiger partial charge on any atom is -0.480 e. The first kappa shape index (κ1) is 33.1. The molecular formula is C32H39N7O5S. The molecule has 1 aromatic heterocycles. The molecule has 0 saturated carbocycles. The van der Waals surface area contributed by atoms with Crippen molar-refractivity contribution in [3.63, 3.8) is 0 Å². The lowest BCUT2D eigenvalue weighted by Crippen LogP contribution is -2.38. The lowest BCUT2D eigenvalue weighted by molar-refractivity contribution is -0.135. The fourth-order valence-corrected chi connectivity index (χ4v) is 6.50. The Labute approximate surface area is 263 Å². The number of carboxylic acids is 1. The number of imidazole rings is 1. The van der Waals surface area contributed by atoms with Crippen LogP contribution in [0.15, 0.2) is 71.6 Å². The number of likely N-dealkylation sites (N-methyl/N-ethyl adjacent to an activating group) is 1. The van der Waals surface area contributed by atoms with Crippen molar-refractivity contribution in [3.05, 3.63) is 89.2 Å². The first-order chi connectivity index (χ1) is 21.4. The molecule has 0 aliphatic heterocycles. The van der Waals surface area contributed by atoms with E-state index >= 15 is 0 Å². The fourth-order valence-electron chi connectivity index (χ4n) is 5.05. The van der Waals surface area contributed by atoms with E-state index in [4.69, 9.17) is 21.2 Å². The second-order valence-electron chi connectivity index (χ2n) is 10.6. The van der Waals surface area contributed by atoms with Crippen molar-refractivity contribution in [3.8, 4) is 0 Å². The second-order valence-corrected chi connectivity index (χ2v) is 12.4. The topological polar surface area (TPSA) is 175 Å². The lowest BCUT2D eigenvalue weighted by atomic mass is 10.1. The Balaban J connectivity index is 1.62. The van der Waals surface area contributed by atoms with Gasteiger partial charge in [0, 0.05) is 37.7 Å². The maximum absolute atomic E-state index is 14.0. The Hall–Kier alpha value is -4.75. The number of carbonyl (C=O) groups excluding carboxylic acids is 1. The van der Waals surface area contributed by atoms with Gasteiger partial charge in [-0.15, -0.1) is 0 Å². The highest BCUT2D eigenvalue weighted by atomic mass is 32.2. The zero-order chi connectivity index (χ0) is 32.7. The van der Waals surface area contributed by atoms with Crippen molar-refractivity contribution in [1.29, 1.82) is 5.41 Å². The maximum Gasteiger partial charge on any atom is 0.322 e. The molecule has 0 unspecified atom stereocenters. The highest BCUT2D eigenvalue weighted by molar-refractivity contribution is 7.92. The molecule has 12 nitrogen and oxygen atoms in total. The van der Waals surface area contributed by atoms with Gasteiger partial charge >= 0.3 is 5.97 Å². The predicted octanol–water partition coefficient (Wildman–Crippen LogP) is 2.99. The number of amides is 1. The van der Waals surface area contributed by atoms with Gasteiger partial charge in [0.05, 0.1) is 21.6 Å². The van der Waals surface area contributed by atoms with Gasteiger partial charge in [-0.1, -0.05) is 38.1 Å². The molecule has 45 heavy (non-hydrogen) atoms. The molecule has 4 aromatic rings. The molecule has 0 bridgehead atoms. The van der Waals surface area contributed by atoms with E-state index in [9.17, 15) is 18.0 Å². The number of amidine groups is 1. The number of aryl methyl sites for hydroxylation is 3. The number of fused-ring (bicyclic) bond motifs is 1. The van der Waals surface area contributed by atoms with Gasteiger partial charge in [0.1, 0.15) is 18.2 Å². The van der Waals surface area contributed by atoms with Crippen molar-refractivity contribution in [2.75, 3.05) is 37.0 Å². The van der Waals surface area contributed by atoms with Crippen LogP contribution in [0.1, 0.15) is 41.2 Å². The normalized spacial score (nSPS) is 11.6. The van der Waals surface area contributed by atoms with Gasteiger partial charge < -0.3 is 25.6 Å². The average Bonchev–Trinajstić information content (AvgIpc) is 3.35. The standard InChI is InChI=1S/C32H39N7O5S/c1-4-38(5-2)18-19-39(45(43,44)26-14-11-24(12-15-26)32(42)35-21-30(40)41)25-13-16-28-27(20-25)36-29(37(28)3)17-8-22-6-9-23(10-7-22)31(33)34/h6-7,9-16,20H,4-5,8,17-19,21H2,1-3H3,(H3,33,34)(H,35,42)(H,40,41). The second kappa shape index (κ2) is 14.4. The summed E-state index contributed by atoms with van der Waals surface area (Å²) in [6.07, 6.45) is 1.40. The summed E-state index contributed by atoms with van der Waals surface area (Å²) in [5, 5.41) is 18.7. The van der Waals surface area contributed by atoms with E-state index in [0.717, 1.165) is 36.4 Å². The Morgan fingerprint density at radius 3 is 2.20 bits per heavy atom. The number of hydrogen-bond acceptors (Lipinski definition) is 7. The van der Waals surface area contributed by atoms with Crippen molar-refractivity contribution < 1.29 is 23.1 Å². The number of rotatable bonds is 15. The van der Waals surface area contributed by atoms with Gasteiger partial charge in [-0.3, -0.25) is 19.3 Å². The number of aliphatic carboxylic acids is 1. The Kier molecular flexibility index (Phi) is 10.6. The smallest absolute Gasteiger partial charge is 0.322 e. The van der Waals surface area contributed by atoms with Gasteiger partial charge in [-0.2, -0.15) is 0 Å². The van der Waals surface area contributed by atoms with Crippen LogP contribution >= 0.6 is 0 Å². The van der Waals surface area contributed by atoms with Crippen LogP contribution in [0.25, 0.3) is 11.0 Å². The first-order valence-electron chi connectivity index (χ1n) is 14.7. The van der Waals surface area contributed by atoms with Gasteiger partial charge in [0.15, 0.2) is 0 Å². The minimum absolute atomic E-state index is 0.00873. The number of sulfonamides is 1. The van der Waals surface area contributed by atoms with Crippen LogP contribution in [0.2, 0.25) is 0 Å². The molecule has 3 aromatic carbocycles. The number of aromatic nitrogens is 2. The number of anilines is 1. The van der Waals surface area contributed by atoms with E-state index in [2.05, 4.69) is 10.2 Å². The van der Waals surface area contributed by atoms with E-state index in [1.54, 1.807) is 12.1 Å². The number of nitrogens with zero attached hydrogens (tertiary/aromatic N) is 4. The largest absolute Gasteiger partial charge is 0.480 e. The molecule has 5 N–H and O–H groups in total. The third-order valence-corrected chi connectivity index (χ3v) is 9.61. The lowest BCUT2D eigenvalue weighted by Gasteiger charge is -2.28. The summed E-state index contributed by atoms with van der Waals surface area (Å²) in [6, 6.07) is 18.4. The summed E-state index contributed by atoms with van der Waals surface area (Å²) in [4.78, 5) is 30.1. The quantitative estimate of drug-likeness (QED) is 0.114. The van der Waals surface area contributed by atoms with Crippen LogP contribution in [0, 0.1) is 5.41 Å². The van der Waals surface area contributed by atoms with Crippen LogP contribution < -0.4 is 15.4 Å². The SMILES string of the molecule is CCN(CC)CCN(c1ccc2c(c1)nc(CCc1ccc(C(=N)N)cc1)n2C)S(=O)(=O)c1ccc(C(=O)NCC(=O)O)cc1. The van der Waals surface area contributed by atoms with Crippen molar-refractivity contribution in [2.45, 2.75) is 31.6 Å². The molecule has 4 rings (SSSR count). The van der Waals surface area contributed by atoms with Gasteiger partial charge in [0.2, 0.25) is 0 Å². The van der Waals surface area contributed by atoms with Gasteiger partial charge in [-0.25, -0.2) is 13.4 Å². The fraction of sp³-hybridized carbons (Fsp3) is 0.312. The van der Waals surface area contributed by atoms with Gasteiger partial charge in [-0.05, 0) is 67.5 Å². The monoisotopic (exact) mass is 633 g/mol. The van der Waals surface area contributed by atoms with Crippen LogP contribution in [-0.2, 0) is 34.7 Å². The summed E-state index contributed by atoms with van der Waals surface area (Å²) < 4.78 is 31.4. The van der Waals surface area contributed by atoms with Crippen LogP contribution in [0.4, 0.5) is 5.69 Å². The van der Waals surface area contributed by atoms with Crippen molar-refractivity contribution in [1.82, 2.24) is 19.8 Å². The molecule has 13 heteroatoms. The Morgan fingerprint density at radius 1 is 0.956 bits per heavy atom. The Bertz CT molecular complexity index is 1780. The molecule has 0 aliphatic carbocycles. The number of carbonyl (C=O) groups is 2. The highest BCUT2D eigenvalue weighted by Gasteiger charge is 2.26. The first-order valence-corrected chi connectivity index (χ1v) is 16.1. The maximum atomic E-state index is 14.0. The van der Waals surface area contributed by atoms with E-state index < -0.39 is 28.4 Å². The predicted molar refractivity (Wildman–Crippen MR) is 174 cm³/mol. The molecule has 0 fully saturated rings. The molecule has 1 amide bonds. The van der Waals surface area contributed by atoms with Crippen LogP contribution in [-0.4, -0.2) is 78.4 Å². The summed E-state index contributed by atoms with van der Waals surface area (Å²) in [5.74, 6) is -0.904. The number of nitrogen functional groups attached to an aromatic ring is 1. The number of hydrogen-bond donors (Lipinski definition) is 4. The summed E-state index contributed by atoms with van der Waals surface area (Å²) in [5.41, 5.74) is 9.50. The third-order valence-electron chi connectivity index (χ3n) is 7.77. The molecular weight excluding hydrogens is 594 g/mol. The molecule has 238 valence electrons. The summed E-state index contributed by atoms with van der Waals surface area (Å²) in [6.45, 7) is 5.76. The number of carboxylic acid groups (broad SMARTS) is 1. The van der Waals surface area contributed by atoms with Crippen LogP contribution in [0.5, 0.6) is 0 Å². The third kappa shape index (κ3) is 7.86. The van der Waals surface area contributed by atoms with Crippen molar-refractivity contribution in [2.24, 2.45) is 12.8 Å². The van der Waals surface area contributed by atoms with E-state index in [1.807, 2.05) is 55.8 Å². The Morgan fingerprint density at radius 2 is 1.60 bits per heavy atom. The molecule has 1 heterocycles. The zero-order valence-electron chi connectivity index (χ0n) is 25.7. The zero-order valence-corrected chi connectivity index (χ0v) is 26.5. The molecule has 0 radical (unpaired) electrons. The van der Waals surface area contributed by atoms with E-state index in [1.165, 1.54) is 28.6 Å².